The van der Waals surface area contributed by atoms with Crippen molar-refractivity contribution in [2.75, 3.05) is 6.54 Å². The molecule has 0 spiro atoms. The van der Waals surface area contributed by atoms with Crippen LogP contribution in [0.1, 0.15) is 26.5 Å². The van der Waals surface area contributed by atoms with Gasteiger partial charge in [-0.2, -0.15) is 0 Å². The van der Waals surface area contributed by atoms with Crippen molar-refractivity contribution in [2.24, 2.45) is 0 Å². The Morgan fingerprint density at radius 2 is 2.27 bits per heavy atom. The monoisotopic (exact) mass is 268 g/mol. The van der Waals surface area contributed by atoms with Crippen LogP contribution in [0.2, 0.25) is 0 Å². The summed E-state index contributed by atoms with van der Waals surface area (Å²) in [5.41, 5.74) is 2.29. The molecule has 0 radical (unpaired) electrons. The molecule has 0 aromatic carbocycles. The molecule has 1 aromatic heterocycles. The van der Waals surface area contributed by atoms with E-state index in [1.807, 2.05) is 18.3 Å². The van der Waals surface area contributed by atoms with E-state index in [0.29, 0.717) is 6.04 Å². The normalized spacial score (nSPS) is 12.2. The lowest BCUT2D eigenvalue weighted by Gasteiger charge is -2.07. The van der Waals surface area contributed by atoms with Gasteiger partial charge in [0.05, 0.1) is 5.69 Å². The summed E-state index contributed by atoms with van der Waals surface area (Å²) in [7, 11) is 0. The van der Waals surface area contributed by atoms with Crippen LogP contribution < -0.4 is 5.32 Å². The number of halogens is 1. The van der Waals surface area contributed by atoms with E-state index in [1.54, 1.807) is 0 Å². The highest BCUT2D eigenvalue weighted by Crippen LogP contribution is 2.09. The number of hydrogen-bond donors (Lipinski definition) is 1. The Bertz CT molecular complexity index is 328. The molecular formula is C12H17BrN2. The molecule has 0 aliphatic rings. The second-order valence-corrected chi connectivity index (χ2v) is 4.84. The second-order valence-electron chi connectivity index (χ2n) is 3.93. The van der Waals surface area contributed by atoms with Crippen LogP contribution in [0.15, 0.2) is 28.4 Å². The summed E-state index contributed by atoms with van der Waals surface area (Å²) >= 11 is 3.37. The van der Waals surface area contributed by atoms with E-state index in [4.69, 9.17) is 0 Å². The maximum atomic E-state index is 4.29. The van der Waals surface area contributed by atoms with Crippen molar-refractivity contribution in [3.05, 3.63) is 34.1 Å². The zero-order valence-corrected chi connectivity index (χ0v) is 11.0. The van der Waals surface area contributed by atoms with Crippen LogP contribution in [0.3, 0.4) is 0 Å². The fourth-order valence-electron chi connectivity index (χ4n) is 1.14. The molecule has 0 aliphatic heterocycles. The first-order valence-corrected chi connectivity index (χ1v) is 5.89. The van der Waals surface area contributed by atoms with E-state index in [2.05, 4.69) is 53.1 Å². The van der Waals surface area contributed by atoms with Gasteiger partial charge < -0.3 is 5.32 Å². The number of nitrogens with one attached hydrogen (secondary N) is 1. The smallest absolute Gasteiger partial charge is 0.0630 e. The van der Waals surface area contributed by atoms with Crippen LogP contribution in [0, 0.1) is 0 Å². The summed E-state index contributed by atoms with van der Waals surface area (Å²) in [5, 5.41) is 3.37. The third kappa shape index (κ3) is 5.09. The van der Waals surface area contributed by atoms with E-state index < -0.39 is 0 Å². The van der Waals surface area contributed by atoms with Crippen molar-refractivity contribution in [1.82, 2.24) is 10.3 Å². The summed E-state index contributed by atoms with van der Waals surface area (Å²) in [6.45, 7) is 7.31. The zero-order chi connectivity index (χ0) is 11.3. The molecule has 0 aliphatic carbocycles. The van der Waals surface area contributed by atoms with Crippen LogP contribution in [-0.4, -0.2) is 17.6 Å². The summed E-state index contributed by atoms with van der Waals surface area (Å²) in [6, 6.07) is 4.52. The summed E-state index contributed by atoms with van der Waals surface area (Å²) in [5.74, 6) is 0. The fraction of sp³-hybridized carbons (Fsp3) is 0.417. The maximum absolute atomic E-state index is 4.29. The first kappa shape index (κ1) is 12.4. The minimum absolute atomic E-state index is 0.520. The average molecular weight is 269 g/mol. The first-order valence-electron chi connectivity index (χ1n) is 5.10. The van der Waals surface area contributed by atoms with E-state index in [9.17, 15) is 0 Å². The lowest BCUT2D eigenvalue weighted by Crippen LogP contribution is -2.24. The Morgan fingerprint density at radius 3 is 2.80 bits per heavy atom. The number of rotatable bonds is 4. The van der Waals surface area contributed by atoms with Crippen LogP contribution in [-0.2, 0) is 0 Å². The molecular weight excluding hydrogens is 252 g/mol. The van der Waals surface area contributed by atoms with Gasteiger partial charge in [-0.15, -0.1) is 0 Å². The zero-order valence-electron chi connectivity index (χ0n) is 9.42. The van der Waals surface area contributed by atoms with Gasteiger partial charge in [-0.25, -0.2) is 0 Å². The molecule has 0 unspecified atom stereocenters. The number of hydrogen-bond acceptors (Lipinski definition) is 2. The molecule has 0 atom stereocenters. The third-order valence-electron chi connectivity index (χ3n) is 1.93. The predicted molar refractivity (Wildman–Crippen MR) is 68.7 cm³/mol. The van der Waals surface area contributed by atoms with Crippen LogP contribution in [0.25, 0.3) is 6.08 Å². The summed E-state index contributed by atoms with van der Waals surface area (Å²) in [4.78, 5) is 4.29. The van der Waals surface area contributed by atoms with Crippen molar-refractivity contribution in [2.45, 2.75) is 26.8 Å². The van der Waals surface area contributed by atoms with Gasteiger partial charge in [0, 0.05) is 23.3 Å². The van der Waals surface area contributed by atoms with Gasteiger partial charge in [-0.05, 0) is 41.1 Å². The van der Waals surface area contributed by atoms with Crippen LogP contribution in [0.5, 0.6) is 0 Å². The molecule has 1 heterocycles. The van der Waals surface area contributed by atoms with Crippen molar-refractivity contribution in [3.8, 4) is 0 Å². The first-order chi connectivity index (χ1) is 7.08. The molecule has 0 saturated carbocycles. The largest absolute Gasteiger partial charge is 0.311 e. The lowest BCUT2D eigenvalue weighted by atomic mass is 10.2. The molecule has 2 nitrogen and oxygen atoms in total. The molecule has 1 aromatic rings. The Labute approximate surface area is 99.9 Å². The van der Waals surface area contributed by atoms with E-state index in [1.165, 1.54) is 5.57 Å². The van der Waals surface area contributed by atoms with Gasteiger partial charge in [0.2, 0.25) is 0 Å². The second kappa shape index (κ2) is 6.03. The molecule has 0 fully saturated rings. The topological polar surface area (TPSA) is 24.9 Å². The van der Waals surface area contributed by atoms with Crippen molar-refractivity contribution < 1.29 is 0 Å². The highest BCUT2D eigenvalue weighted by atomic mass is 79.9. The van der Waals surface area contributed by atoms with Gasteiger partial charge in [0.25, 0.3) is 0 Å². The molecule has 3 heteroatoms. The predicted octanol–water partition coefficient (Wildman–Crippen LogP) is 3.25. The van der Waals surface area contributed by atoms with E-state index in [0.717, 1.165) is 16.7 Å². The molecule has 82 valence electrons. The molecule has 0 bridgehead atoms. The maximum Gasteiger partial charge on any atom is 0.0630 e. The van der Waals surface area contributed by atoms with Gasteiger partial charge in [0.1, 0.15) is 0 Å². The standard InChI is InChI=1S/C12H17BrN2/c1-9(2)14-7-10(3)6-12-5-4-11(13)8-15-12/h4-6,8-9,14H,7H2,1-3H3/b10-6+. The van der Waals surface area contributed by atoms with Crippen LogP contribution in [0.4, 0.5) is 0 Å². The minimum atomic E-state index is 0.520. The minimum Gasteiger partial charge on any atom is -0.311 e. The average Bonchev–Trinajstić information content (AvgIpc) is 2.19. The Morgan fingerprint density at radius 1 is 1.53 bits per heavy atom. The van der Waals surface area contributed by atoms with E-state index >= 15 is 0 Å². The number of pyridine rings is 1. The molecule has 1 N–H and O–H groups in total. The van der Waals surface area contributed by atoms with Crippen molar-refractivity contribution >= 4 is 22.0 Å². The van der Waals surface area contributed by atoms with Crippen LogP contribution >= 0.6 is 15.9 Å². The Balaban J connectivity index is 2.58. The van der Waals surface area contributed by atoms with Gasteiger partial charge >= 0.3 is 0 Å². The van der Waals surface area contributed by atoms with E-state index in [-0.39, 0.29) is 0 Å². The SMILES string of the molecule is C/C(=C\c1ccc(Br)cn1)CNC(C)C. The number of nitrogens with zero attached hydrogens (tertiary/aromatic N) is 1. The highest BCUT2D eigenvalue weighted by molar-refractivity contribution is 9.10. The molecule has 1 rings (SSSR count). The molecule has 0 amide bonds. The van der Waals surface area contributed by atoms with Gasteiger partial charge in [0.15, 0.2) is 0 Å². The van der Waals surface area contributed by atoms with Gasteiger partial charge in [-0.1, -0.05) is 19.4 Å². The third-order valence-corrected chi connectivity index (χ3v) is 2.40. The van der Waals surface area contributed by atoms with Crippen molar-refractivity contribution in [3.63, 3.8) is 0 Å². The summed E-state index contributed by atoms with van der Waals surface area (Å²) in [6.07, 6.45) is 3.91. The highest BCUT2D eigenvalue weighted by Gasteiger charge is 1.95. The van der Waals surface area contributed by atoms with Gasteiger partial charge in [-0.3, -0.25) is 4.98 Å². The molecule has 0 saturated heterocycles. The summed E-state index contributed by atoms with van der Waals surface area (Å²) < 4.78 is 1.01. The fourth-order valence-corrected chi connectivity index (χ4v) is 1.38. The Kier molecular flexibility index (Phi) is 4.99. The van der Waals surface area contributed by atoms with Crippen molar-refractivity contribution in [1.29, 1.82) is 0 Å². The lowest BCUT2D eigenvalue weighted by molar-refractivity contribution is 0.622. The number of aromatic nitrogens is 1. The Hall–Kier alpha value is -0.670. The quantitative estimate of drug-likeness (QED) is 0.907. The molecule has 15 heavy (non-hydrogen) atoms.